The molecule has 1 aliphatic rings. The Kier molecular flexibility index (Phi) is 8.67. The van der Waals surface area contributed by atoms with Crippen molar-refractivity contribution in [3.63, 3.8) is 0 Å². The number of carboxylic acids is 1. The number of carbonyl (C=O) groups excluding carboxylic acids is 2. The van der Waals surface area contributed by atoms with E-state index >= 15 is 0 Å². The van der Waals surface area contributed by atoms with E-state index in [0.717, 1.165) is 36.6 Å². The van der Waals surface area contributed by atoms with E-state index in [0.29, 0.717) is 12.0 Å². The quantitative estimate of drug-likeness (QED) is 0.402. The van der Waals surface area contributed by atoms with Crippen LogP contribution in [0.1, 0.15) is 69.2 Å². The van der Waals surface area contributed by atoms with E-state index < -0.39 is 36.5 Å². The molecule has 1 saturated heterocycles. The number of carbonyl (C=O) groups is 2. The summed E-state index contributed by atoms with van der Waals surface area (Å²) in [6, 6.07) is 7.49. The maximum absolute atomic E-state index is 12.7. The number of para-hydroxylation sites is 1. The van der Waals surface area contributed by atoms with Gasteiger partial charge >= 0.3 is 5.97 Å². The van der Waals surface area contributed by atoms with Crippen molar-refractivity contribution in [3.8, 4) is 0 Å². The Morgan fingerprint density at radius 1 is 1.25 bits per heavy atom. The van der Waals surface area contributed by atoms with Gasteiger partial charge in [0.15, 0.2) is 6.29 Å². The second-order valence-electron chi connectivity index (χ2n) is 8.48. The van der Waals surface area contributed by atoms with Gasteiger partial charge in [-0.15, -0.1) is 0 Å². The number of aliphatic hydroxyl groups is 1. The molecule has 1 fully saturated rings. The number of H-pyrrole nitrogens is 1. The summed E-state index contributed by atoms with van der Waals surface area (Å²) in [6.07, 6.45) is 3.21. The van der Waals surface area contributed by atoms with E-state index in [2.05, 4.69) is 4.98 Å². The third kappa shape index (κ3) is 6.54. The fraction of sp³-hybridized carbons (Fsp3) is 0.583. The first-order chi connectivity index (χ1) is 15.3. The average Bonchev–Trinajstić information content (AvgIpc) is 3.18. The highest BCUT2D eigenvalue weighted by molar-refractivity contribution is 6.04. The molecule has 2 heterocycles. The highest BCUT2D eigenvalue weighted by Gasteiger charge is 2.38. The number of nitrogens with one attached hydrogen (secondary N) is 1. The summed E-state index contributed by atoms with van der Waals surface area (Å²) in [5.41, 5.74) is 1.31. The molecule has 0 bridgehead atoms. The van der Waals surface area contributed by atoms with Crippen LogP contribution in [0.2, 0.25) is 0 Å². The lowest BCUT2D eigenvalue weighted by Crippen LogP contribution is -2.49. The Bertz CT molecular complexity index is 895. The lowest BCUT2D eigenvalue weighted by molar-refractivity contribution is -0.305. The fourth-order valence-corrected chi connectivity index (χ4v) is 3.99. The van der Waals surface area contributed by atoms with Gasteiger partial charge in [0, 0.05) is 29.5 Å². The Hall–Kier alpha value is -2.42. The Morgan fingerprint density at radius 2 is 2.00 bits per heavy atom. The average molecular weight is 447 g/mol. The molecule has 0 unspecified atom stereocenters. The van der Waals surface area contributed by atoms with Gasteiger partial charge in [-0.1, -0.05) is 37.5 Å². The van der Waals surface area contributed by atoms with Crippen LogP contribution in [0, 0.1) is 0 Å². The van der Waals surface area contributed by atoms with Crippen molar-refractivity contribution >= 4 is 22.8 Å². The van der Waals surface area contributed by atoms with Crippen LogP contribution < -0.4 is 5.11 Å². The van der Waals surface area contributed by atoms with Crippen LogP contribution in [-0.2, 0) is 19.0 Å². The van der Waals surface area contributed by atoms with E-state index in [1.165, 1.54) is 0 Å². The van der Waals surface area contributed by atoms with Gasteiger partial charge in [0.05, 0.1) is 17.8 Å². The number of aromatic amines is 1. The molecule has 0 radical (unpaired) electrons. The zero-order chi connectivity index (χ0) is 23.1. The lowest BCUT2D eigenvalue weighted by Gasteiger charge is -2.38. The van der Waals surface area contributed by atoms with Gasteiger partial charge in [-0.2, -0.15) is 0 Å². The number of rotatable bonds is 11. The first kappa shape index (κ1) is 24.2. The maximum Gasteiger partial charge on any atom is 0.340 e. The van der Waals surface area contributed by atoms with Crippen LogP contribution in [0.25, 0.3) is 10.9 Å². The molecule has 1 aliphatic heterocycles. The van der Waals surface area contributed by atoms with Gasteiger partial charge in [-0.25, -0.2) is 4.79 Å². The predicted octanol–water partition coefficient (Wildman–Crippen LogP) is 2.68. The van der Waals surface area contributed by atoms with Crippen LogP contribution in [0.15, 0.2) is 30.5 Å². The standard InChI is InChI=1S/C24H33NO7/c1-15(9-5-3-4-6-12-22(27)28)30-24-20(26)13-21(16(2)31-24)32-23(29)18-14-25-19-11-8-7-10-17(18)19/h7-8,10-11,14-16,20-21,24-26H,3-6,9,12-13H2,1-2H3,(H,27,28)/p-1/t15-,16+,20-,21-,24-/m1/s1. The van der Waals surface area contributed by atoms with Gasteiger partial charge < -0.3 is 34.2 Å². The molecule has 0 amide bonds. The molecular weight excluding hydrogens is 414 g/mol. The first-order valence-corrected chi connectivity index (χ1v) is 11.3. The van der Waals surface area contributed by atoms with Crippen LogP contribution in [0.4, 0.5) is 0 Å². The van der Waals surface area contributed by atoms with Gasteiger partial charge in [0.2, 0.25) is 0 Å². The zero-order valence-electron chi connectivity index (χ0n) is 18.6. The van der Waals surface area contributed by atoms with Crippen LogP contribution in [0.5, 0.6) is 0 Å². The van der Waals surface area contributed by atoms with Gasteiger partial charge in [-0.05, 0) is 39.2 Å². The zero-order valence-corrected chi connectivity index (χ0v) is 18.6. The summed E-state index contributed by atoms with van der Waals surface area (Å²) >= 11 is 0. The molecule has 0 aliphatic carbocycles. The molecule has 8 heteroatoms. The summed E-state index contributed by atoms with van der Waals surface area (Å²) < 4.78 is 17.4. The van der Waals surface area contributed by atoms with Crippen molar-refractivity contribution in [2.75, 3.05) is 0 Å². The summed E-state index contributed by atoms with van der Waals surface area (Å²) in [6.45, 7) is 3.72. The third-order valence-corrected chi connectivity index (χ3v) is 5.84. The highest BCUT2D eigenvalue weighted by Crippen LogP contribution is 2.27. The minimum absolute atomic E-state index is 0.0953. The summed E-state index contributed by atoms with van der Waals surface area (Å²) in [7, 11) is 0. The van der Waals surface area contributed by atoms with Crippen LogP contribution in [0.3, 0.4) is 0 Å². The van der Waals surface area contributed by atoms with Crippen molar-refractivity contribution in [2.24, 2.45) is 0 Å². The number of benzene rings is 1. The molecule has 5 atom stereocenters. The second kappa shape index (κ2) is 11.4. The van der Waals surface area contributed by atoms with E-state index in [1.54, 1.807) is 13.1 Å². The third-order valence-electron chi connectivity index (χ3n) is 5.84. The van der Waals surface area contributed by atoms with Gasteiger partial charge in [0.1, 0.15) is 12.2 Å². The smallest absolute Gasteiger partial charge is 0.340 e. The summed E-state index contributed by atoms with van der Waals surface area (Å²) in [5, 5.41) is 21.7. The van der Waals surface area contributed by atoms with Crippen LogP contribution >= 0.6 is 0 Å². The topological polar surface area (TPSA) is 121 Å². The highest BCUT2D eigenvalue weighted by atomic mass is 16.7. The molecular formula is C24H32NO7-. The Balaban J connectivity index is 1.43. The van der Waals surface area contributed by atoms with E-state index in [4.69, 9.17) is 14.2 Å². The predicted molar refractivity (Wildman–Crippen MR) is 116 cm³/mol. The number of unbranched alkanes of at least 4 members (excludes halogenated alkanes) is 3. The van der Waals surface area contributed by atoms with Crippen molar-refractivity contribution in [1.29, 1.82) is 0 Å². The molecule has 2 N–H and O–H groups in total. The second-order valence-corrected chi connectivity index (χ2v) is 8.48. The minimum Gasteiger partial charge on any atom is -0.550 e. The van der Waals surface area contributed by atoms with Gasteiger partial charge in [-0.3, -0.25) is 0 Å². The summed E-state index contributed by atoms with van der Waals surface area (Å²) in [4.78, 5) is 26.2. The summed E-state index contributed by atoms with van der Waals surface area (Å²) in [5.74, 6) is -1.47. The van der Waals surface area contributed by atoms with E-state index in [1.807, 2.05) is 31.2 Å². The van der Waals surface area contributed by atoms with E-state index in [9.17, 15) is 19.8 Å². The minimum atomic E-state index is -1.01. The van der Waals surface area contributed by atoms with Crippen molar-refractivity contribution < 1.29 is 34.0 Å². The molecule has 0 saturated carbocycles. The molecule has 32 heavy (non-hydrogen) atoms. The molecule has 3 rings (SSSR count). The molecule has 2 aromatic rings. The largest absolute Gasteiger partial charge is 0.550 e. The number of hydrogen-bond donors (Lipinski definition) is 2. The molecule has 176 valence electrons. The van der Waals surface area contributed by atoms with E-state index in [-0.39, 0.29) is 18.9 Å². The van der Waals surface area contributed by atoms with Crippen molar-refractivity contribution in [3.05, 3.63) is 36.0 Å². The number of fused-ring (bicyclic) bond motifs is 1. The number of esters is 1. The first-order valence-electron chi connectivity index (χ1n) is 11.3. The number of ether oxygens (including phenoxy) is 3. The van der Waals surface area contributed by atoms with Crippen molar-refractivity contribution in [1.82, 2.24) is 4.98 Å². The molecule has 8 nitrogen and oxygen atoms in total. The van der Waals surface area contributed by atoms with Gasteiger partial charge in [0.25, 0.3) is 0 Å². The normalized spacial score (nSPS) is 24.3. The Morgan fingerprint density at radius 3 is 2.78 bits per heavy atom. The number of hydrogen-bond acceptors (Lipinski definition) is 7. The number of aromatic nitrogens is 1. The number of carboxylic acid groups (broad SMARTS) is 1. The molecule has 1 aromatic heterocycles. The maximum atomic E-state index is 12.7. The SMILES string of the molecule is C[C@H](CCCCCCC(=O)[O-])O[C@@H]1O[C@@H](C)[C@H](OC(=O)c2c[nH]c3ccccc23)C[C@H]1O. The molecule has 0 spiro atoms. The molecule has 1 aromatic carbocycles. The number of aliphatic carboxylic acids is 1. The Labute approximate surface area is 187 Å². The monoisotopic (exact) mass is 446 g/mol. The van der Waals surface area contributed by atoms with Crippen molar-refractivity contribution in [2.45, 2.75) is 89.5 Å². The fourth-order valence-electron chi connectivity index (χ4n) is 3.99. The number of aliphatic hydroxyl groups excluding tert-OH is 1. The van der Waals surface area contributed by atoms with Crippen LogP contribution in [-0.4, -0.2) is 52.7 Å². The lowest BCUT2D eigenvalue weighted by atomic mass is 10.0.